The van der Waals surface area contributed by atoms with Crippen LogP contribution in [0.1, 0.15) is 5.56 Å². The molecule has 0 radical (unpaired) electrons. The maximum atomic E-state index is 11.4. The van der Waals surface area contributed by atoms with Gasteiger partial charge in [-0.2, -0.15) is 0 Å². The van der Waals surface area contributed by atoms with Gasteiger partial charge in [0.05, 0.1) is 12.3 Å². The zero-order valence-corrected chi connectivity index (χ0v) is 12.0. The minimum absolute atomic E-state index is 0. The highest BCUT2D eigenvalue weighted by molar-refractivity contribution is 7.89. The summed E-state index contributed by atoms with van der Waals surface area (Å²) in [5.41, 5.74) is 6.40. The molecular formula is C10H14Cl2N2O3S. The van der Waals surface area contributed by atoms with Gasteiger partial charge in [0.25, 0.3) is 5.91 Å². The minimum Gasteiger partial charge on any atom is -0.320 e. The van der Waals surface area contributed by atoms with Gasteiger partial charge in [-0.1, -0.05) is 23.7 Å². The monoisotopic (exact) mass is 312 g/mol. The summed E-state index contributed by atoms with van der Waals surface area (Å²) in [6.45, 7) is 0. The van der Waals surface area contributed by atoms with Crippen LogP contribution in [0.4, 0.5) is 0 Å². The molecule has 0 fully saturated rings. The number of rotatable bonds is 4. The van der Waals surface area contributed by atoms with Crippen LogP contribution < -0.4 is 10.5 Å². The maximum absolute atomic E-state index is 11.4. The van der Waals surface area contributed by atoms with Gasteiger partial charge in [0.1, 0.15) is 0 Å². The molecule has 1 amide bonds. The topological polar surface area (TPSA) is 89.3 Å². The smallest absolute Gasteiger partial charge is 0.250 e. The van der Waals surface area contributed by atoms with E-state index in [1.165, 1.54) is 0 Å². The van der Waals surface area contributed by atoms with E-state index < -0.39 is 22.0 Å². The van der Waals surface area contributed by atoms with Crippen molar-refractivity contribution >= 4 is 39.9 Å². The Morgan fingerprint density at radius 1 is 1.39 bits per heavy atom. The largest absolute Gasteiger partial charge is 0.320 e. The number of hydrogen-bond donors (Lipinski definition) is 2. The summed E-state index contributed by atoms with van der Waals surface area (Å²) >= 11 is 5.71. The number of amides is 1. The van der Waals surface area contributed by atoms with Gasteiger partial charge in [0, 0.05) is 5.02 Å². The average Bonchev–Trinajstić information content (AvgIpc) is 2.19. The Hall–Kier alpha value is -0.820. The Kier molecular flexibility index (Phi) is 6.62. The van der Waals surface area contributed by atoms with Gasteiger partial charge in [-0.3, -0.25) is 9.52 Å². The Morgan fingerprint density at radius 2 is 1.89 bits per heavy atom. The number of carbonyl (C=O) groups is 1. The third-order valence-electron chi connectivity index (χ3n) is 1.99. The van der Waals surface area contributed by atoms with Gasteiger partial charge in [-0.25, -0.2) is 8.42 Å². The Labute approximate surface area is 117 Å². The van der Waals surface area contributed by atoms with Gasteiger partial charge >= 0.3 is 0 Å². The van der Waals surface area contributed by atoms with E-state index in [4.69, 9.17) is 17.3 Å². The second-order valence-corrected chi connectivity index (χ2v) is 5.86. The zero-order chi connectivity index (χ0) is 13.1. The fourth-order valence-electron chi connectivity index (χ4n) is 1.23. The average molecular weight is 313 g/mol. The first-order valence-electron chi connectivity index (χ1n) is 4.79. The fraction of sp³-hybridized carbons (Fsp3) is 0.300. The summed E-state index contributed by atoms with van der Waals surface area (Å²) < 4.78 is 23.5. The summed E-state index contributed by atoms with van der Waals surface area (Å²) in [4.78, 5) is 11.4. The highest BCUT2D eigenvalue weighted by Crippen LogP contribution is 2.10. The standard InChI is InChI=1S/C10H13ClN2O3S.ClH/c1-17(15,16)13-10(14)9(12)6-7-2-4-8(11)5-3-7;/h2-5,9H,6,12H2,1H3,(H,13,14);1H. The summed E-state index contributed by atoms with van der Waals surface area (Å²) in [6.07, 6.45) is 1.15. The van der Waals surface area contributed by atoms with E-state index in [0.29, 0.717) is 5.02 Å². The molecule has 18 heavy (non-hydrogen) atoms. The lowest BCUT2D eigenvalue weighted by atomic mass is 10.1. The fourth-order valence-corrected chi connectivity index (χ4v) is 1.87. The number of benzene rings is 1. The molecule has 1 unspecified atom stereocenters. The first-order valence-corrected chi connectivity index (χ1v) is 7.06. The lowest BCUT2D eigenvalue weighted by Crippen LogP contribution is -2.44. The molecule has 0 aliphatic carbocycles. The van der Waals surface area contributed by atoms with Crippen LogP contribution in [0.2, 0.25) is 5.02 Å². The predicted molar refractivity (Wildman–Crippen MR) is 73.4 cm³/mol. The molecule has 1 aromatic rings. The van der Waals surface area contributed by atoms with Crippen molar-refractivity contribution in [3.05, 3.63) is 34.9 Å². The van der Waals surface area contributed by atoms with Gasteiger partial charge in [0.2, 0.25) is 10.0 Å². The second kappa shape index (κ2) is 6.94. The summed E-state index contributed by atoms with van der Waals surface area (Å²) in [7, 11) is -3.57. The van der Waals surface area contributed by atoms with E-state index in [0.717, 1.165) is 11.8 Å². The van der Waals surface area contributed by atoms with E-state index in [2.05, 4.69) is 0 Å². The molecule has 0 aliphatic rings. The van der Waals surface area contributed by atoms with Gasteiger partial charge in [0.15, 0.2) is 0 Å². The van der Waals surface area contributed by atoms with E-state index in [-0.39, 0.29) is 18.8 Å². The molecule has 0 aliphatic heterocycles. The lowest BCUT2D eigenvalue weighted by molar-refractivity contribution is -0.120. The van der Waals surface area contributed by atoms with Crippen molar-refractivity contribution in [1.82, 2.24) is 4.72 Å². The maximum Gasteiger partial charge on any atom is 0.250 e. The summed E-state index contributed by atoms with van der Waals surface area (Å²) in [5, 5.41) is 0.586. The highest BCUT2D eigenvalue weighted by Gasteiger charge is 2.17. The van der Waals surface area contributed by atoms with E-state index in [1.807, 2.05) is 4.72 Å². The second-order valence-electron chi connectivity index (χ2n) is 3.68. The van der Waals surface area contributed by atoms with Crippen LogP contribution in [-0.4, -0.2) is 26.6 Å². The lowest BCUT2D eigenvalue weighted by Gasteiger charge is -2.11. The van der Waals surface area contributed by atoms with Crippen LogP contribution in [0.3, 0.4) is 0 Å². The van der Waals surface area contributed by atoms with Crippen molar-refractivity contribution in [3.8, 4) is 0 Å². The Balaban J connectivity index is 0.00000289. The van der Waals surface area contributed by atoms with Crippen LogP contribution in [0.15, 0.2) is 24.3 Å². The number of sulfonamides is 1. The molecule has 0 saturated heterocycles. The highest BCUT2D eigenvalue weighted by atomic mass is 35.5. The SMILES string of the molecule is CS(=O)(=O)NC(=O)C(N)Cc1ccc(Cl)cc1.Cl. The van der Waals surface area contributed by atoms with Gasteiger partial charge in [-0.15, -0.1) is 12.4 Å². The molecule has 3 N–H and O–H groups in total. The molecule has 0 saturated carbocycles. The number of hydrogen-bond acceptors (Lipinski definition) is 4. The number of halogens is 2. The molecule has 5 nitrogen and oxygen atoms in total. The Bertz CT molecular complexity index is 502. The van der Waals surface area contributed by atoms with Crippen LogP contribution in [-0.2, 0) is 21.2 Å². The van der Waals surface area contributed by atoms with Gasteiger partial charge in [-0.05, 0) is 24.1 Å². The van der Waals surface area contributed by atoms with Gasteiger partial charge < -0.3 is 5.73 Å². The Morgan fingerprint density at radius 3 is 2.33 bits per heavy atom. The number of nitrogens with two attached hydrogens (primary N) is 1. The van der Waals surface area contributed by atoms with Crippen molar-refractivity contribution in [2.24, 2.45) is 5.73 Å². The number of nitrogens with one attached hydrogen (secondary N) is 1. The molecule has 0 spiro atoms. The first kappa shape index (κ1) is 17.2. The zero-order valence-electron chi connectivity index (χ0n) is 9.59. The number of carbonyl (C=O) groups excluding carboxylic acids is 1. The van der Waals surface area contributed by atoms with E-state index in [1.54, 1.807) is 24.3 Å². The predicted octanol–water partition coefficient (Wildman–Crippen LogP) is 0.707. The van der Waals surface area contributed by atoms with Crippen molar-refractivity contribution in [3.63, 3.8) is 0 Å². The molecule has 8 heteroatoms. The summed E-state index contributed by atoms with van der Waals surface area (Å²) in [6, 6.07) is 5.91. The molecule has 0 aromatic heterocycles. The van der Waals surface area contributed by atoms with Crippen LogP contribution in [0.25, 0.3) is 0 Å². The third kappa shape index (κ3) is 6.20. The molecule has 1 rings (SSSR count). The minimum atomic E-state index is -3.57. The van der Waals surface area contributed by atoms with Crippen LogP contribution in [0, 0.1) is 0 Å². The molecule has 102 valence electrons. The van der Waals surface area contributed by atoms with Crippen LogP contribution >= 0.6 is 24.0 Å². The first-order chi connectivity index (χ1) is 7.78. The molecule has 1 atom stereocenters. The van der Waals surface area contributed by atoms with Crippen LogP contribution in [0.5, 0.6) is 0 Å². The van der Waals surface area contributed by atoms with Crippen molar-refractivity contribution in [2.75, 3.05) is 6.26 Å². The molecule has 0 bridgehead atoms. The van der Waals surface area contributed by atoms with Crippen molar-refractivity contribution in [2.45, 2.75) is 12.5 Å². The summed E-state index contributed by atoms with van der Waals surface area (Å²) in [5.74, 6) is -0.720. The molecular weight excluding hydrogens is 299 g/mol. The molecule has 1 aromatic carbocycles. The van der Waals surface area contributed by atoms with E-state index in [9.17, 15) is 13.2 Å². The quantitative estimate of drug-likeness (QED) is 0.856. The normalized spacial score (nSPS) is 12.4. The third-order valence-corrected chi connectivity index (χ3v) is 2.82. The van der Waals surface area contributed by atoms with Crippen molar-refractivity contribution < 1.29 is 13.2 Å². The van der Waals surface area contributed by atoms with Crippen molar-refractivity contribution in [1.29, 1.82) is 0 Å². The van der Waals surface area contributed by atoms with E-state index >= 15 is 0 Å². The molecule has 0 heterocycles.